The predicted octanol–water partition coefficient (Wildman–Crippen LogP) is 2.39. The van der Waals surface area contributed by atoms with Gasteiger partial charge in [0.2, 0.25) is 21.7 Å². The Labute approximate surface area is 160 Å². The summed E-state index contributed by atoms with van der Waals surface area (Å²) in [5, 5.41) is 22.4. The van der Waals surface area contributed by atoms with Gasteiger partial charge in [-0.3, -0.25) is 10.1 Å². The summed E-state index contributed by atoms with van der Waals surface area (Å²) in [6, 6.07) is 14.8. The number of primary sulfonamides is 1. The molecule has 0 bridgehead atoms. The van der Waals surface area contributed by atoms with E-state index in [9.17, 15) is 18.5 Å². The average molecular weight is 400 g/mol. The van der Waals surface area contributed by atoms with Crippen LogP contribution < -0.4 is 15.8 Å². The number of nitrogens with one attached hydrogen (secondary N) is 2. The number of nitrogens with two attached hydrogens (primary N) is 1. The molecule has 0 fully saturated rings. The monoisotopic (exact) mass is 400 g/mol. The second-order valence-electron chi connectivity index (χ2n) is 5.71. The van der Waals surface area contributed by atoms with Crippen LogP contribution >= 0.6 is 0 Å². The first kappa shape index (κ1) is 19.2. The van der Waals surface area contributed by atoms with Crippen LogP contribution in [0.2, 0.25) is 0 Å². The van der Waals surface area contributed by atoms with Gasteiger partial charge in [0.05, 0.1) is 9.82 Å². The van der Waals surface area contributed by atoms with Crippen LogP contribution in [0.5, 0.6) is 0 Å². The normalized spacial score (nSPS) is 11.0. The second kappa shape index (κ2) is 7.98. The molecule has 0 aliphatic heterocycles. The van der Waals surface area contributed by atoms with Crippen molar-refractivity contribution in [2.45, 2.75) is 11.4 Å². The van der Waals surface area contributed by atoms with Gasteiger partial charge in [0.25, 0.3) is 0 Å². The molecule has 1 aromatic heterocycles. The maximum Gasteiger partial charge on any atom is 0.353 e. The average Bonchev–Trinajstić information content (AvgIpc) is 2.67. The Kier molecular flexibility index (Phi) is 5.47. The number of aromatic nitrogens is 2. The topological polar surface area (TPSA) is 153 Å². The summed E-state index contributed by atoms with van der Waals surface area (Å²) in [4.78, 5) is 18.8. The van der Waals surface area contributed by atoms with Crippen LogP contribution in [-0.2, 0) is 16.6 Å². The zero-order valence-electron chi connectivity index (χ0n) is 14.4. The molecule has 0 saturated carbocycles. The van der Waals surface area contributed by atoms with Gasteiger partial charge in [-0.2, -0.15) is 0 Å². The number of nitrogens with zero attached hydrogens (tertiary/aromatic N) is 3. The van der Waals surface area contributed by atoms with Crippen molar-refractivity contribution in [1.29, 1.82) is 0 Å². The number of hydrogen-bond acceptors (Lipinski definition) is 8. The van der Waals surface area contributed by atoms with Crippen LogP contribution in [0.4, 0.5) is 23.0 Å². The van der Waals surface area contributed by atoms with E-state index in [0.717, 1.165) is 5.56 Å². The summed E-state index contributed by atoms with van der Waals surface area (Å²) in [6.07, 6.45) is 1.20. The van der Waals surface area contributed by atoms with Gasteiger partial charge in [-0.1, -0.05) is 30.3 Å². The van der Waals surface area contributed by atoms with Gasteiger partial charge in [-0.05, 0) is 29.8 Å². The van der Waals surface area contributed by atoms with Crippen molar-refractivity contribution < 1.29 is 13.3 Å². The summed E-state index contributed by atoms with van der Waals surface area (Å²) in [6.45, 7) is 0.348. The van der Waals surface area contributed by atoms with Gasteiger partial charge < -0.3 is 10.6 Å². The van der Waals surface area contributed by atoms with E-state index >= 15 is 0 Å². The highest BCUT2D eigenvalue weighted by Crippen LogP contribution is 2.31. The van der Waals surface area contributed by atoms with Gasteiger partial charge in [0.15, 0.2) is 0 Å². The summed E-state index contributed by atoms with van der Waals surface area (Å²) in [5.74, 6) is 0.0337. The molecular formula is C17H16N6O4S. The van der Waals surface area contributed by atoms with Crippen molar-refractivity contribution in [2.24, 2.45) is 5.14 Å². The Bertz CT molecular complexity index is 1090. The van der Waals surface area contributed by atoms with E-state index in [-0.39, 0.29) is 22.2 Å². The van der Waals surface area contributed by atoms with Crippen molar-refractivity contribution in [3.8, 4) is 0 Å². The summed E-state index contributed by atoms with van der Waals surface area (Å²) >= 11 is 0. The minimum Gasteiger partial charge on any atom is -0.360 e. The summed E-state index contributed by atoms with van der Waals surface area (Å²) in [7, 11) is -3.83. The van der Waals surface area contributed by atoms with Crippen molar-refractivity contribution in [3.63, 3.8) is 0 Å². The molecule has 0 radical (unpaired) electrons. The molecule has 0 unspecified atom stereocenters. The van der Waals surface area contributed by atoms with E-state index in [4.69, 9.17) is 5.14 Å². The number of anilines is 3. The third-order valence-electron chi connectivity index (χ3n) is 3.75. The Morgan fingerprint density at radius 3 is 2.25 bits per heavy atom. The molecule has 0 amide bonds. The first-order chi connectivity index (χ1) is 13.3. The smallest absolute Gasteiger partial charge is 0.353 e. The maximum absolute atomic E-state index is 11.6. The van der Waals surface area contributed by atoms with E-state index in [1.807, 2.05) is 30.3 Å². The van der Waals surface area contributed by atoms with Gasteiger partial charge in [-0.25, -0.2) is 23.5 Å². The molecule has 0 spiro atoms. The molecule has 28 heavy (non-hydrogen) atoms. The highest BCUT2D eigenvalue weighted by atomic mass is 32.2. The Morgan fingerprint density at radius 1 is 1.00 bits per heavy atom. The number of rotatable bonds is 7. The largest absolute Gasteiger partial charge is 0.360 e. The highest BCUT2D eigenvalue weighted by Gasteiger charge is 2.23. The minimum atomic E-state index is -3.83. The number of hydrogen-bond donors (Lipinski definition) is 3. The molecular weight excluding hydrogens is 384 g/mol. The van der Waals surface area contributed by atoms with Crippen molar-refractivity contribution in [1.82, 2.24) is 9.97 Å². The van der Waals surface area contributed by atoms with Crippen LogP contribution in [0.25, 0.3) is 0 Å². The molecule has 11 heteroatoms. The van der Waals surface area contributed by atoms with Crippen LogP contribution in [0.3, 0.4) is 0 Å². The van der Waals surface area contributed by atoms with E-state index in [1.54, 1.807) is 0 Å². The first-order valence-corrected chi connectivity index (χ1v) is 9.56. The Balaban J connectivity index is 1.85. The minimum absolute atomic E-state index is 0.0288. The summed E-state index contributed by atoms with van der Waals surface area (Å²) < 4.78 is 22.6. The van der Waals surface area contributed by atoms with Crippen LogP contribution in [0, 0.1) is 10.1 Å². The predicted molar refractivity (Wildman–Crippen MR) is 104 cm³/mol. The molecule has 0 atom stereocenters. The third-order valence-corrected chi connectivity index (χ3v) is 4.68. The number of benzene rings is 2. The fourth-order valence-corrected chi connectivity index (χ4v) is 2.93. The highest BCUT2D eigenvalue weighted by molar-refractivity contribution is 7.89. The molecule has 144 valence electrons. The number of sulfonamides is 1. The van der Waals surface area contributed by atoms with Crippen molar-refractivity contribution >= 4 is 33.0 Å². The summed E-state index contributed by atoms with van der Waals surface area (Å²) in [5.41, 5.74) is 1.01. The van der Waals surface area contributed by atoms with Crippen molar-refractivity contribution in [3.05, 3.63) is 76.6 Å². The molecule has 10 nitrogen and oxygen atoms in total. The third kappa shape index (κ3) is 4.58. The standard InChI is InChI=1S/C17H16N6O4S/c18-28(26,27)14-8-6-13(7-9-14)22-17-15(23(24)25)16(20-11-21-17)19-10-12-4-2-1-3-5-12/h1-9,11H,10H2,(H2,18,26,27)(H2,19,20,21,22). The van der Waals surface area contributed by atoms with E-state index in [1.165, 1.54) is 30.6 Å². The molecule has 0 saturated heterocycles. The first-order valence-electron chi connectivity index (χ1n) is 8.01. The number of nitro groups is 1. The molecule has 1 heterocycles. The Hall–Kier alpha value is -3.57. The lowest BCUT2D eigenvalue weighted by molar-refractivity contribution is -0.383. The molecule has 0 aliphatic carbocycles. The van der Waals surface area contributed by atoms with Crippen molar-refractivity contribution in [2.75, 3.05) is 10.6 Å². The molecule has 3 aromatic rings. The zero-order chi connectivity index (χ0) is 20.1. The SMILES string of the molecule is NS(=O)(=O)c1ccc(Nc2ncnc(NCc3ccccc3)c2[N+](=O)[O-])cc1. The fraction of sp³-hybridized carbons (Fsp3) is 0.0588. The van der Waals surface area contributed by atoms with Gasteiger partial charge in [0.1, 0.15) is 6.33 Å². The van der Waals surface area contributed by atoms with E-state index in [2.05, 4.69) is 20.6 Å². The lowest BCUT2D eigenvalue weighted by atomic mass is 10.2. The van der Waals surface area contributed by atoms with Crippen LogP contribution in [0.1, 0.15) is 5.56 Å². The molecule has 0 aliphatic rings. The van der Waals surface area contributed by atoms with Gasteiger partial charge in [0, 0.05) is 12.2 Å². The van der Waals surface area contributed by atoms with E-state index in [0.29, 0.717) is 12.2 Å². The van der Waals surface area contributed by atoms with Gasteiger partial charge in [-0.15, -0.1) is 0 Å². The van der Waals surface area contributed by atoms with Crippen LogP contribution in [0.15, 0.2) is 65.8 Å². The zero-order valence-corrected chi connectivity index (χ0v) is 15.3. The fourth-order valence-electron chi connectivity index (χ4n) is 2.42. The van der Waals surface area contributed by atoms with E-state index < -0.39 is 14.9 Å². The second-order valence-corrected chi connectivity index (χ2v) is 7.27. The molecule has 3 rings (SSSR count). The molecule has 2 aromatic carbocycles. The lowest BCUT2D eigenvalue weighted by Crippen LogP contribution is -2.12. The Morgan fingerprint density at radius 2 is 1.64 bits per heavy atom. The molecule has 4 N–H and O–H groups in total. The lowest BCUT2D eigenvalue weighted by Gasteiger charge is -2.10. The van der Waals surface area contributed by atoms with Gasteiger partial charge >= 0.3 is 5.69 Å². The van der Waals surface area contributed by atoms with Crippen LogP contribution in [-0.4, -0.2) is 23.3 Å². The maximum atomic E-state index is 11.6. The quantitative estimate of drug-likeness (QED) is 0.403.